The molecule has 0 aliphatic rings. The number of aromatic nitrogens is 4. The predicted molar refractivity (Wildman–Crippen MR) is 40.7 cm³/mol. The zero-order valence-electron chi connectivity index (χ0n) is 5.94. The molecule has 0 amide bonds. The zero-order valence-corrected chi connectivity index (χ0v) is 5.94. The molecule has 2 aromatic rings. The van der Waals surface area contributed by atoms with Gasteiger partial charge in [0.1, 0.15) is 11.8 Å². The van der Waals surface area contributed by atoms with Crippen LogP contribution in [-0.2, 0) is 6.54 Å². The van der Waals surface area contributed by atoms with E-state index in [0.29, 0.717) is 6.54 Å². The third-order valence-corrected chi connectivity index (χ3v) is 1.52. The van der Waals surface area contributed by atoms with E-state index in [2.05, 4.69) is 21.9 Å². The second-order valence-corrected chi connectivity index (χ2v) is 2.17. The smallest absolute Gasteiger partial charge is 0.163 e. The van der Waals surface area contributed by atoms with Gasteiger partial charge in [-0.25, -0.2) is 15.0 Å². The van der Waals surface area contributed by atoms with Gasteiger partial charge in [-0.15, -0.1) is 0 Å². The van der Waals surface area contributed by atoms with Crippen LogP contribution >= 0.6 is 0 Å². The average Bonchev–Trinajstić information content (AvgIpc) is 2.47. The van der Waals surface area contributed by atoms with Crippen LogP contribution < -0.4 is 0 Å². The van der Waals surface area contributed by atoms with E-state index < -0.39 is 0 Å². The Balaban J connectivity index is 2.76. The summed E-state index contributed by atoms with van der Waals surface area (Å²) in [4.78, 5) is 12.0. The van der Waals surface area contributed by atoms with Crippen LogP contribution in [0.15, 0.2) is 18.9 Å². The first-order valence-corrected chi connectivity index (χ1v) is 3.32. The molecule has 0 aliphatic carbocycles. The van der Waals surface area contributed by atoms with Gasteiger partial charge in [0.2, 0.25) is 0 Å². The van der Waals surface area contributed by atoms with Crippen molar-refractivity contribution >= 4 is 11.2 Å². The fourth-order valence-corrected chi connectivity index (χ4v) is 0.978. The summed E-state index contributed by atoms with van der Waals surface area (Å²) < 4.78 is 1.87. The molecule has 0 N–H and O–H groups in total. The third-order valence-electron chi connectivity index (χ3n) is 1.52. The normalized spacial score (nSPS) is 10.6. The fraction of sp³-hybridized carbons (Fsp3) is 0.143. The van der Waals surface area contributed by atoms with E-state index >= 15 is 0 Å². The Morgan fingerprint density at radius 1 is 1.45 bits per heavy atom. The summed E-state index contributed by atoms with van der Waals surface area (Å²) >= 11 is 0. The molecule has 0 fully saturated rings. The first-order chi connectivity index (χ1) is 5.42. The van der Waals surface area contributed by atoms with E-state index in [0.717, 1.165) is 11.2 Å². The SMILES string of the molecule is [CH2]Cn1cnc2cncnc21. The maximum absolute atomic E-state index is 4.09. The highest BCUT2D eigenvalue weighted by atomic mass is 15.1. The van der Waals surface area contributed by atoms with Crippen molar-refractivity contribution in [3.63, 3.8) is 0 Å². The van der Waals surface area contributed by atoms with Crippen LogP contribution in [0.2, 0.25) is 0 Å². The Morgan fingerprint density at radius 2 is 2.36 bits per heavy atom. The Labute approximate surface area is 63.9 Å². The maximum atomic E-state index is 4.09. The van der Waals surface area contributed by atoms with Crippen molar-refractivity contribution in [1.82, 2.24) is 19.5 Å². The molecule has 2 heterocycles. The summed E-state index contributed by atoms with van der Waals surface area (Å²) in [7, 11) is 0. The lowest BCUT2D eigenvalue weighted by molar-refractivity contribution is 0.834. The van der Waals surface area contributed by atoms with Gasteiger partial charge in [-0.05, 0) is 6.92 Å². The van der Waals surface area contributed by atoms with Crippen molar-refractivity contribution in [2.45, 2.75) is 6.54 Å². The van der Waals surface area contributed by atoms with E-state index in [4.69, 9.17) is 0 Å². The van der Waals surface area contributed by atoms with Crippen molar-refractivity contribution in [2.75, 3.05) is 0 Å². The van der Waals surface area contributed by atoms with Crippen molar-refractivity contribution in [2.24, 2.45) is 0 Å². The van der Waals surface area contributed by atoms with Crippen LogP contribution in [0.3, 0.4) is 0 Å². The number of hydrogen-bond acceptors (Lipinski definition) is 3. The zero-order chi connectivity index (χ0) is 7.68. The summed E-state index contributed by atoms with van der Waals surface area (Å²) in [6.45, 7) is 4.39. The van der Waals surface area contributed by atoms with Gasteiger partial charge in [-0.3, -0.25) is 0 Å². The van der Waals surface area contributed by atoms with Crippen LogP contribution in [0, 0.1) is 6.92 Å². The van der Waals surface area contributed by atoms with Crippen molar-refractivity contribution in [1.29, 1.82) is 0 Å². The molecule has 11 heavy (non-hydrogen) atoms. The first kappa shape index (κ1) is 6.27. The van der Waals surface area contributed by atoms with Crippen LogP contribution in [0.1, 0.15) is 0 Å². The fourth-order valence-electron chi connectivity index (χ4n) is 0.978. The molecule has 4 heteroatoms. The Hall–Kier alpha value is -1.45. The van der Waals surface area contributed by atoms with Gasteiger partial charge in [0.25, 0.3) is 0 Å². The number of fused-ring (bicyclic) bond motifs is 1. The largest absolute Gasteiger partial charge is 0.315 e. The van der Waals surface area contributed by atoms with Gasteiger partial charge >= 0.3 is 0 Å². The quantitative estimate of drug-likeness (QED) is 0.595. The Kier molecular flexibility index (Phi) is 1.31. The van der Waals surface area contributed by atoms with Crippen molar-refractivity contribution in [3.05, 3.63) is 25.8 Å². The minimum Gasteiger partial charge on any atom is -0.315 e. The van der Waals surface area contributed by atoms with Crippen LogP contribution in [0.5, 0.6) is 0 Å². The van der Waals surface area contributed by atoms with Gasteiger partial charge in [-0.2, -0.15) is 0 Å². The molecule has 0 aromatic carbocycles. The Morgan fingerprint density at radius 3 is 3.18 bits per heavy atom. The highest BCUT2D eigenvalue weighted by molar-refractivity contribution is 5.68. The molecule has 0 bridgehead atoms. The second kappa shape index (κ2) is 2.30. The lowest BCUT2D eigenvalue weighted by Gasteiger charge is -1.94. The second-order valence-electron chi connectivity index (χ2n) is 2.17. The summed E-state index contributed by atoms with van der Waals surface area (Å²) in [6.07, 6.45) is 4.91. The van der Waals surface area contributed by atoms with E-state index in [9.17, 15) is 0 Å². The molecule has 0 saturated heterocycles. The van der Waals surface area contributed by atoms with Gasteiger partial charge in [0, 0.05) is 6.54 Å². The summed E-state index contributed by atoms with van der Waals surface area (Å²) in [5.74, 6) is 0. The number of rotatable bonds is 1. The minimum atomic E-state index is 0.646. The van der Waals surface area contributed by atoms with Crippen LogP contribution in [-0.4, -0.2) is 19.5 Å². The molecular formula is C7H7N4. The molecule has 4 nitrogen and oxygen atoms in total. The summed E-state index contributed by atoms with van der Waals surface area (Å²) in [6, 6.07) is 0. The van der Waals surface area contributed by atoms with Gasteiger partial charge < -0.3 is 4.57 Å². The minimum absolute atomic E-state index is 0.646. The molecule has 0 unspecified atom stereocenters. The number of nitrogens with zero attached hydrogens (tertiary/aromatic N) is 4. The molecular weight excluding hydrogens is 140 g/mol. The van der Waals surface area contributed by atoms with E-state index in [1.165, 1.54) is 6.33 Å². The number of hydrogen-bond donors (Lipinski definition) is 0. The predicted octanol–water partition coefficient (Wildman–Crippen LogP) is 0.660. The molecule has 0 aliphatic heterocycles. The number of imidazole rings is 1. The standard InChI is InChI=1S/C7H7N4/c1-2-11-5-10-6-3-8-4-9-7(6)11/h3-5H,1-2H2. The van der Waals surface area contributed by atoms with E-state index in [-0.39, 0.29) is 0 Å². The monoisotopic (exact) mass is 147 g/mol. The lowest BCUT2D eigenvalue weighted by atomic mass is 10.5. The summed E-state index contributed by atoms with van der Waals surface area (Å²) in [5.41, 5.74) is 1.66. The first-order valence-electron chi connectivity index (χ1n) is 3.32. The molecule has 1 radical (unpaired) electrons. The van der Waals surface area contributed by atoms with Gasteiger partial charge in [0.15, 0.2) is 5.65 Å². The Bertz CT molecular complexity index is 365. The van der Waals surface area contributed by atoms with Crippen LogP contribution in [0.25, 0.3) is 11.2 Å². The average molecular weight is 147 g/mol. The maximum Gasteiger partial charge on any atom is 0.163 e. The van der Waals surface area contributed by atoms with E-state index in [1.807, 2.05) is 4.57 Å². The molecule has 2 rings (SSSR count). The lowest BCUT2D eigenvalue weighted by Crippen LogP contribution is -1.92. The highest BCUT2D eigenvalue weighted by Crippen LogP contribution is 2.05. The van der Waals surface area contributed by atoms with Crippen molar-refractivity contribution < 1.29 is 0 Å². The van der Waals surface area contributed by atoms with Gasteiger partial charge in [0.05, 0.1) is 12.5 Å². The molecule has 2 aromatic heterocycles. The van der Waals surface area contributed by atoms with Crippen LogP contribution in [0.4, 0.5) is 0 Å². The van der Waals surface area contributed by atoms with E-state index in [1.54, 1.807) is 12.5 Å². The molecule has 0 atom stereocenters. The highest BCUT2D eigenvalue weighted by Gasteiger charge is 1.99. The molecule has 0 saturated carbocycles. The van der Waals surface area contributed by atoms with Crippen molar-refractivity contribution in [3.8, 4) is 0 Å². The van der Waals surface area contributed by atoms with Gasteiger partial charge in [-0.1, -0.05) is 0 Å². The summed E-state index contributed by atoms with van der Waals surface area (Å²) in [5, 5.41) is 0. The topological polar surface area (TPSA) is 43.6 Å². The molecule has 55 valence electrons. The third kappa shape index (κ3) is 0.869. The molecule has 0 spiro atoms.